The van der Waals surface area contributed by atoms with Crippen LogP contribution in [0.25, 0.3) is 11.1 Å². The van der Waals surface area contributed by atoms with Gasteiger partial charge in [0, 0.05) is 14.1 Å². The number of hydrogen-bond donors (Lipinski definition) is 0. The zero-order chi connectivity index (χ0) is 12.4. The summed E-state index contributed by atoms with van der Waals surface area (Å²) in [6.45, 7) is 0. The third-order valence-electron chi connectivity index (χ3n) is 2.23. The quantitative estimate of drug-likeness (QED) is 0.821. The summed E-state index contributed by atoms with van der Waals surface area (Å²) in [6, 6.07) is 9.28. The number of aromatic nitrogens is 1. The monoisotopic (exact) mass is 250 g/mol. The van der Waals surface area contributed by atoms with E-state index in [1.807, 2.05) is 18.2 Å². The fourth-order valence-corrected chi connectivity index (χ4v) is 1.67. The lowest BCUT2D eigenvalue weighted by Gasteiger charge is -2.10. The Balaban J connectivity index is 2.61. The van der Waals surface area contributed by atoms with Crippen molar-refractivity contribution in [3.8, 4) is 11.1 Å². The molecule has 0 atom stereocenters. The standard InChI is InChI=1S/C12H11ClN2O2/c1-15(2)12-14-11(16)9(10(13)17-12)8-6-4-3-5-7-8/h3-7H,1-2H3. The highest BCUT2D eigenvalue weighted by Crippen LogP contribution is 2.25. The molecule has 4 nitrogen and oxygen atoms in total. The first-order valence-electron chi connectivity index (χ1n) is 5.03. The van der Waals surface area contributed by atoms with Gasteiger partial charge in [0.25, 0.3) is 5.56 Å². The summed E-state index contributed by atoms with van der Waals surface area (Å²) in [5, 5.41) is 0.0555. The maximum absolute atomic E-state index is 11.9. The van der Waals surface area contributed by atoms with Gasteiger partial charge in [0.15, 0.2) is 0 Å². The Kier molecular flexibility index (Phi) is 3.15. The third-order valence-corrected chi connectivity index (χ3v) is 2.50. The molecule has 1 heterocycles. The molecule has 0 saturated heterocycles. The van der Waals surface area contributed by atoms with E-state index in [0.717, 1.165) is 0 Å². The Hall–Kier alpha value is -1.81. The molecule has 0 unspecified atom stereocenters. The van der Waals surface area contributed by atoms with E-state index in [1.165, 1.54) is 0 Å². The van der Waals surface area contributed by atoms with E-state index >= 15 is 0 Å². The summed E-state index contributed by atoms with van der Waals surface area (Å²) in [4.78, 5) is 17.3. The number of halogens is 1. The van der Waals surface area contributed by atoms with Crippen molar-refractivity contribution >= 4 is 17.6 Å². The van der Waals surface area contributed by atoms with Gasteiger partial charge in [0.2, 0.25) is 5.22 Å². The van der Waals surface area contributed by atoms with E-state index in [4.69, 9.17) is 16.0 Å². The molecule has 0 N–H and O–H groups in total. The number of benzene rings is 1. The lowest BCUT2D eigenvalue weighted by Crippen LogP contribution is -2.18. The van der Waals surface area contributed by atoms with Crippen molar-refractivity contribution in [2.24, 2.45) is 0 Å². The molecule has 1 aromatic heterocycles. The molecule has 1 aromatic carbocycles. The summed E-state index contributed by atoms with van der Waals surface area (Å²) in [5.41, 5.74) is 0.595. The fraction of sp³-hybridized carbons (Fsp3) is 0.167. The van der Waals surface area contributed by atoms with E-state index in [1.54, 1.807) is 31.1 Å². The first-order valence-corrected chi connectivity index (χ1v) is 5.41. The molecule has 0 spiro atoms. The molecule has 2 rings (SSSR count). The molecule has 0 bridgehead atoms. The van der Waals surface area contributed by atoms with Crippen LogP contribution in [-0.4, -0.2) is 19.1 Å². The van der Waals surface area contributed by atoms with E-state index in [0.29, 0.717) is 5.56 Å². The Morgan fingerprint density at radius 1 is 1.24 bits per heavy atom. The summed E-state index contributed by atoms with van der Waals surface area (Å²) in [5.74, 6) is 0. The molecule has 88 valence electrons. The lowest BCUT2D eigenvalue weighted by molar-refractivity contribution is 0.528. The van der Waals surface area contributed by atoms with E-state index in [-0.39, 0.29) is 16.8 Å². The van der Waals surface area contributed by atoms with Crippen LogP contribution in [0.15, 0.2) is 39.5 Å². The molecule has 0 aliphatic rings. The number of anilines is 1. The first kappa shape index (κ1) is 11.7. The maximum atomic E-state index is 11.9. The van der Waals surface area contributed by atoms with Gasteiger partial charge in [-0.25, -0.2) is 0 Å². The minimum Gasteiger partial charge on any atom is -0.412 e. The average molecular weight is 251 g/mol. The molecule has 0 fully saturated rings. The Morgan fingerprint density at radius 2 is 1.88 bits per heavy atom. The van der Waals surface area contributed by atoms with Crippen LogP contribution in [0, 0.1) is 0 Å². The minimum atomic E-state index is -0.392. The average Bonchev–Trinajstić information content (AvgIpc) is 2.29. The molecule has 0 aliphatic carbocycles. The largest absolute Gasteiger partial charge is 0.412 e. The second kappa shape index (κ2) is 4.59. The zero-order valence-corrected chi connectivity index (χ0v) is 10.2. The maximum Gasteiger partial charge on any atom is 0.301 e. The number of hydrogen-bond acceptors (Lipinski definition) is 4. The first-order chi connectivity index (χ1) is 8.09. The Labute approximate surface area is 103 Å². The number of nitrogens with zero attached hydrogens (tertiary/aromatic N) is 2. The van der Waals surface area contributed by atoms with Crippen molar-refractivity contribution in [3.05, 3.63) is 45.9 Å². The predicted octanol–water partition coefficient (Wildman–Crippen LogP) is 2.42. The van der Waals surface area contributed by atoms with Gasteiger partial charge in [-0.3, -0.25) is 4.79 Å². The van der Waals surface area contributed by atoms with Gasteiger partial charge in [0.05, 0.1) is 0 Å². The SMILES string of the molecule is CN(C)c1nc(=O)c(-c2ccccc2)c(Cl)o1. The molecule has 0 amide bonds. The smallest absolute Gasteiger partial charge is 0.301 e. The molecule has 0 aliphatic heterocycles. The highest BCUT2D eigenvalue weighted by molar-refractivity contribution is 6.31. The Morgan fingerprint density at radius 3 is 2.41 bits per heavy atom. The molecule has 5 heteroatoms. The molecular weight excluding hydrogens is 240 g/mol. The second-order valence-electron chi connectivity index (χ2n) is 3.71. The van der Waals surface area contributed by atoms with Gasteiger partial charge in [-0.2, -0.15) is 4.98 Å². The van der Waals surface area contributed by atoms with Crippen LogP contribution in [0.2, 0.25) is 5.22 Å². The van der Waals surface area contributed by atoms with Crippen LogP contribution in [0.1, 0.15) is 0 Å². The molecule has 2 aromatic rings. The van der Waals surface area contributed by atoms with E-state index in [2.05, 4.69) is 4.98 Å². The second-order valence-corrected chi connectivity index (χ2v) is 4.05. The highest BCUT2D eigenvalue weighted by atomic mass is 35.5. The van der Waals surface area contributed by atoms with Crippen LogP contribution in [0.3, 0.4) is 0 Å². The van der Waals surface area contributed by atoms with Crippen LogP contribution in [0.5, 0.6) is 0 Å². The normalized spacial score (nSPS) is 10.3. The van der Waals surface area contributed by atoms with Gasteiger partial charge in [-0.1, -0.05) is 30.3 Å². The van der Waals surface area contributed by atoms with Crippen molar-refractivity contribution in [1.82, 2.24) is 4.98 Å². The Bertz CT molecular complexity index is 579. The summed E-state index contributed by atoms with van der Waals surface area (Å²) in [7, 11) is 3.45. The molecule has 0 radical (unpaired) electrons. The van der Waals surface area contributed by atoms with Crippen molar-refractivity contribution in [2.75, 3.05) is 19.0 Å². The molecule has 0 saturated carbocycles. The van der Waals surface area contributed by atoms with Crippen molar-refractivity contribution in [3.63, 3.8) is 0 Å². The van der Waals surface area contributed by atoms with Gasteiger partial charge in [-0.05, 0) is 17.2 Å². The van der Waals surface area contributed by atoms with Gasteiger partial charge >= 0.3 is 6.01 Å². The molecule has 17 heavy (non-hydrogen) atoms. The zero-order valence-electron chi connectivity index (χ0n) is 9.48. The van der Waals surface area contributed by atoms with Crippen LogP contribution >= 0.6 is 11.6 Å². The van der Waals surface area contributed by atoms with Gasteiger partial charge in [0.1, 0.15) is 5.56 Å². The highest BCUT2D eigenvalue weighted by Gasteiger charge is 2.14. The lowest BCUT2D eigenvalue weighted by atomic mass is 10.1. The summed E-state index contributed by atoms with van der Waals surface area (Å²) < 4.78 is 5.29. The van der Waals surface area contributed by atoms with Crippen LogP contribution < -0.4 is 10.5 Å². The van der Waals surface area contributed by atoms with Crippen molar-refractivity contribution in [1.29, 1.82) is 0 Å². The van der Waals surface area contributed by atoms with Crippen LogP contribution in [-0.2, 0) is 0 Å². The fourth-order valence-electron chi connectivity index (χ4n) is 1.41. The topological polar surface area (TPSA) is 46.3 Å². The van der Waals surface area contributed by atoms with Gasteiger partial charge < -0.3 is 9.32 Å². The summed E-state index contributed by atoms with van der Waals surface area (Å²) >= 11 is 5.98. The van der Waals surface area contributed by atoms with E-state index < -0.39 is 5.56 Å². The minimum absolute atomic E-state index is 0.0555. The van der Waals surface area contributed by atoms with Gasteiger partial charge in [-0.15, -0.1) is 0 Å². The van der Waals surface area contributed by atoms with Crippen molar-refractivity contribution in [2.45, 2.75) is 0 Å². The van der Waals surface area contributed by atoms with E-state index in [9.17, 15) is 4.79 Å². The van der Waals surface area contributed by atoms with Crippen LogP contribution in [0.4, 0.5) is 6.01 Å². The predicted molar refractivity (Wildman–Crippen MR) is 67.5 cm³/mol. The third kappa shape index (κ3) is 2.31. The number of rotatable bonds is 2. The van der Waals surface area contributed by atoms with Crippen molar-refractivity contribution < 1.29 is 4.42 Å². The summed E-state index contributed by atoms with van der Waals surface area (Å²) in [6.07, 6.45) is 0. The molecular formula is C12H11ClN2O2.